The van der Waals surface area contributed by atoms with Gasteiger partial charge in [-0.25, -0.2) is 0 Å². The van der Waals surface area contributed by atoms with E-state index in [1.807, 2.05) is 85.3 Å². The molecule has 34 heavy (non-hydrogen) atoms. The third-order valence-electron chi connectivity index (χ3n) is 4.18. The molecule has 0 atom stereocenters. The lowest BCUT2D eigenvalue weighted by Gasteiger charge is -1.94. The monoisotopic (exact) mass is 466 g/mol. The molecule has 0 aromatic heterocycles. The van der Waals surface area contributed by atoms with Gasteiger partial charge in [0.05, 0.1) is 0 Å². The van der Waals surface area contributed by atoms with Crippen LogP contribution in [0, 0.1) is 69.7 Å². The minimum absolute atomic E-state index is 0.917. The second kappa shape index (κ2) is 14.0. The van der Waals surface area contributed by atoms with Gasteiger partial charge < -0.3 is 0 Å². The van der Waals surface area contributed by atoms with E-state index in [2.05, 4.69) is 69.7 Å². The van der Waals surface area contributed by atoms with Gasteiger partial charge in [0.1, 0.15) is 0 Å². The van der Waals surface area contributed by atoms with E-state index in [9.17, 15) is 0 Å². The first kappa shape index (κ1) is 24.4. The lowest BCUT2D eigenvalue weighted by molar-refractivity contribution is 1.57. The highest BCUT2D eigenvalue weighted by Gasteiger charge is 1.93. The Morgan fingerprint density at radius 3 is 1.15 bits per heavy atom. The van der Waals surface area contributed by atoms with Crippen molar-refractivity contribution in [2.45, 2.75) is 0 Å². The summed E-state index contributed by atoms with van der Waals surface area (Å²) in [5.41, 5.74) is 5.53. The van der Waals surface area contributed by atoms with E-state index in [0.29, 0.717) is 0 Å². The summed E-state index contributed by atoms with van der Waals surface area (Å²) in [6, 6.07) is 23.6. The molecule has 2 heteroatoms. The van der Waals surface area contributed by atoms with Crippen LogP contribution in [-0.4, -0.2) is 12.5 Å². The third kappa shape index (κ3) is 8.69. The van der Waals surface area contributed by atoms with E-state index in [1.165, 1.54) is 23.5 Å². The molecule has 0 saturated carbocycles. The Morgan fingerprint density at radius 1 is 0.412 bits per heavy atom. The topological polar surface area (TPSA) is 0 Å². The van der Waals surface area contributed by atoms with E-state index in [4.69, 9.17) is 0 Å². The molecule has 0 spiro atoms. The van der Waals surface area contributed by atoms with Crippen LogP contribution in [-0.2, 0) is 0 Å². The number of hydrogen-bond donors (Lipinski definition) is 0. The number of thioether (sulfide) groups is 2. The number of rotatable bonds is 0. The Bertz CT molecular complexity index is 1400. The molecule has 0 amide bonds. The summed E-state index contributed by atoms with van der Waals surface area (Å²) < 4.78 is 0. The zero-order chi connectivity index (χ0) is 23.8. The normalized spacial score (nSPS) is 8.29. The number of benzene rings is 3. The van der Waals surface area contributed by atoms with Crippen molar-refractivity contribution in [3.63, 3.8) is 0 Å². The Morgan fingerprint density at radius 2 is 0.765 bits per heavy atom. The van der Waals surface area contributed by atoms with Gasteiger partial charge in [0.2, 0.25) is 0 Å². The Balaban J connectivity index is 1.67. The van der Waals surface area contributed by atoms with Crippen molar-refractivity contribution in [1.29, 1.82) is 0 Å². The summed E-state index contributed by atoms with van der Waals surface area (Å²) in [4.78, 5) is 0. The third-order valence-corrected chi connectivity index (χ3v) is 4.79. The quantitative estimate of drug-likeness (QED) is 0.382. The highest BCUT2D eigenvalue weighted by molar-refractivity contribution is 8.03. The fourth-order valence-electron chi connectivity index (χ4n) is 2.60. The van der Waals surface area contributed by atoms with Crippen LogP contribution in [0.5, 0.6) is 0 Å². The van der Waals surface area contributed by atoms with Gasteiger partial charge in [-0.1, -0.05) is 65.1 Å². The van der Waals surface area contributed by atoms with Crippen LogP contribution < -0.4 is 0 Å². The van der Waals surface area contributed by atoms with E-state index in [0.717, 1.165) is 33.4 Å². The van der Waals surface area contributed by atoms with Crippen LogP contribution in [0.2, 0.25) is 0 Å². The molecule has 3 rings (SSSR count). The average molecular weight is 467 g/mol. The summed E-state index contributed by atoms with van der Waals surface area (Å²) in [5.74, 6) is 30.1. The highest BCUT2D eigenvalue weighted by atomic mass is 32.2. The molecule has 0 saturated heterocycles. The fraction of sp³-hybridized carbons (Fsp3) is 0.0625. The SMILES string of the molecule is CSC#CC#Cc1ccc(C#Cc2cccc(C#Cc3ccc(C#CC#CSC)cc3)c2)cc1. The first-order valence-corrected chi connectivity index (χ1v) is 12.6. The first-order chi connectivity index (χ1) is 16.8. The zero-order valence-corrected chi connectivity index (χ0v) is 20.4. The maximum atomic E-state index is 3.21. The molecule has 0 aliphatic rings. The lowest BCUT2D eigenvalue weighted by atomic mass is 10.1. The molecule has 3 aromatic carbocycles. The minimum Gasteiger partial charge on any atom is -0.0775 e. The van der Waals surface area contributed by atoms with E-state index >= 15 is 0 Å². The standard InChI is InChI=1S/C32H18S2/c1-33-24-5-3-8-27-12-16-29(17-13-27)20-22-31-10-7-11-32(26-31)23-21-30-18-14-28(15-19-30)9-4-6-25-34-2/h7,10-19,26H,1-2H3. The largest absolute Gasteiger partial charge is 0.0775 e. The van der Waals surface area contributed by atoms with Crippen molar-refractivity contribution in [3.05, 3.63) is 106 Å². The van der Waals surface area contributed by atoms with Crippen molar-refractivity contribution >= 4 is 23.5 Å². The van der Waals surface area contributed by atoms with E-state index in [1.54, 1.807) is 0 Å². The molecule has 0 radical (unpaired) electrons. The molecular formula is C32H18S2. The van der Waals surface area contributed by atoms with Crippen LogP contribution in [0.3, 0.4) is 0 Å². The fourth-order valence-corrected chi connectivity index (χ4v) is 2.90. The van der Waals surface area contributed by atoms with Gasteiger partial charge in [-0.3, -0.25) is 0 Å². The molecule has 0 unspecified atom stereocenters. The summed E-state index contributed by atoms with van der Waals surface area (Å²) in [5, 5.41) is 5.71. The average Bonchev–Trinajstić information content (AvgIpc) is 2.88. The van der Waals surface area contributed by atoms with E-state index in [-0.39, 0.29) is 0 Å². The molecule has 0 nitrogen and oxygen atoms in total. The molecule has 0 aliphatic carbocycles. The maximum absolute atomic E-state index is 3.21. The van der Waals surface area contributed by atoms with Gasteiger partial charge in [-0.15, -0.1) is 0 Å². The van der Waals surface area contributed by atoms with Gasteiger partial charge >= 0.3 is 0 Å². The number of hydrogen-bond acceptors (Lipinski definition) is 2. The van der Waals surface area contributed by atoms with Crippen molar-refractivity contribution in [2.24, 2.45) is 0 Å². The second-order valence-electron chi connectivity index (χ2n) is 6.60. The van der Waals surface area contributed by atoms with Crippen LogP contribution in [0.4, 0.5) is 0 Å². The molecule has 3 aromatic rings. The van der Waals surface area contributed by atoms with Gasteiger partial charge in [0, 0.05) is 33.4 Å². The summed E-state index contributed by atoms with van der Waals surface area (Å²) in [6.45, 7) is 0. The lowest BCUT2D eigenvalue weighted by Crippen LogP contribution is -1.81. The predicted molar refractivity (Wildman–Crippen MR) is 148 cm³/mol. The van der Waals surface area contributed by atoms with Gasteiger partial charge in [0.25, 0.3) is 0 Å². The highest BCUT2D eigenvalue weighted by Crippen LogP contribution is 2.07. The summed E-state index contributed by atoms with van der Waals surface area (Å²) >= 11 is 2.90. The molecule has 0 heterocycles. The molecule has 0 N–H and O–H groups in total. The van der Waals surface area contributed by atoms with Gasteiger partial charge in [0.15, 0.2) is 0 Å². The van der Waals surface area contributed by atoms with Gasteiger partial charge in [-0.05, 0) is 113 Å². The molecule has 0 aliphatic heterocycles. The predicted octanol–water partition coefficient (Wildman–Crippen LogP) is 5.84. The van der Waals surface area contributed by atoms with Gasteiger partial charge in [-0.2, -0.15) is 0 Å². The van der Waals surface area contributed by atoms with Crippen molar-refractivity contribution in [3.8, 4) is 69.7 Å². The zero-order valence-electron chi connectivity index (χ0n) is 18.7. The van der Waals surface area contributed by atoms with Crippen LogP contribution >= 0.6 is 23.5 Å². The van der Waals surface area contributed by atoms with Crippen LogP contribution in [0.1, 0.15) is 33.4 Å². The summed E-state index contributed by atoms with van der Waals surface area (Å²) in [6.07, 6.45) is 3.84. The molecule has 0 bridgehead atoms. The Labute approximate surface area is 211 Å². The van der Waals surface area contributed by atoms with Crippen LogP contribution in [0.15, 0.2) is 72.8 Å². The second-order valence-corrected chi connectivity index (χ2v) is 7.82. The van der Waals surface area contributed by atoms with Crippen molar-refractivity contribution in [2.75, 3.05) is 12.5 Å². The smallest absolute Gasteiger partial charge is 0.0261 e. The summed E-state index contributed by atoms with van der Waals surface area (Å²) in [7, 11) is 0. The Hall–Kier alpha value is -4.28. The molecule has 0 fully saturated rings. The molecular weight excluding hydrogens is 448 g/mol. The molecule has 158 valence electrons. The minimum atomic E-state index is 0.917. The maximum Gasteiger partial charge on any atom is 0.0261 e. The van der Waals surface area contributed by atoms with E-state index < -0.39 is 0 Å². The van der Waals surface area contributed by atoms with Crippen molar-refractivity contribution in [1.82, 2.24) is 0 Å². The Kier molecular flexibility index (Phi) is 10.0. The van der Waals surface area contributed by atoms with Crippen molar-refractivity contribution < 1.29 is 0 Å². The van der Waals surface area contributed by atoms with Crippen LogP contribution in [0.25, 0.3) is 0 Å². The first-order valence-electron chi connectivity index (χ1n) is 10.2.